The van der Waals surface area contributed by atoms with Crippen LogP contribution in [0.3, 0.4) is 0 Å². The van der Waals surface area contributed by atoms with Crippen molar-refractivity contribution < 1.29 is 23.1 Å². The predicted octanol–water partition coefficient (Wildman–Crippen LogP) is 1.61. The molecule has 0 aliphatic carbocycles. The van der Waals surface area contributed by atoms with Gasteiger partial charge in [0.2, 0.25) is 0 Å². The monoisotopic (exact) mass is 300 g/mol. The van der Waals surface area contributed by atoms with Gasteiger partial charge in [-0.15, -0.1) is 0 Å². The highest BCUT2D eigenvalue weighted by molar-refractivity contribution is 5.97. The molecule has 0 atom stereocenters. The van der Waals surface area contributed by atoms with Crippen LogP contribution >= 0.6 is 0 Å². The Labute approximate surface area is 117 Å². The zero-order valence-corrected chi connectivity index (χ0v) is 11.1. The molecule has 0 aliphatic heterocycles. The third kappa shape index (κ3) is 2.54. The molecule has 6 nitrogen and oxygen atoms in total. The number of nitrogens with two attached hydrogens (primary N) is 1. The molecule has 0 aromatic carbocycles. The number of primary amides is 1. The van der Waals surface area contributed by atoms with Gasteiger partial charge in [-0.1, -0.05) is 0 Å². The molecule has 2 aromatic heterocycles. The van der Waals surface area contributed by atoms with E-state index in [2.05, 4.69) is 10.1 Å². The topological polar surface area (TPSA) is 94.0 Å². The molecule has 0 saturated carbocycles. The molecule has 0 fully saturated rings. The number of carbonyl (C=O) groups is 1. The van der Waals surface area contributed by atoms with Crippen LogP contribution in [0.5, 0.6) is 5.75 Å². The van der Waals surface area contributed by atoms with Crippen LogP contribution in [-0.4, -0.2) is 25.8 Å². The second-order valence-corrected chi connectivity index (χ2v) is 4.38. The lowest BCUT2D eigenvalue weighted by Gasteiger charge is -2.10. The van der Waals surface area contributed by atoms with Crippen LogP contribution in [0.25, 0.3) is 11.3 Å². The highest BCUT2D eigenvalue weighted by Gasteiger charge is 2.35. The van der Waals surface area contributed by atoms with Gasteiger partial charge in [-0.3, -0.25) is 14.5 Å². The quantitative estimate of drug-likeness (QED) is 0.881. The van der Waals surface area contributed by atoms with Gasteiger partial charge in [-0.05, 0) is 13.0 Å². The fourth-order valence-corrected chi connectivity index (χ4v) is 1.92. The Kier molecular flexibility index (Phi) is 3.36. The molecule has 0 spiro atoms. The first kappa shape index (κ1) is 14.8. The Morgan fingerprint density at radius 2 is 2.05 bits per heavy atom. The molecule has 0 saturated heterocycles. The highest BCUT2D eigenvalue weighted by atomic mass is 19.4. The molecule has 2 heterocycles. The van der Waals surface area contributed by atoms with Crippen molar-refractivity contribution in [1.29, 1.82) is 0 Å². The van der Waals surface area contributed by atoms with Crippen molar-refractivity contribution >= 4 is 5.91 Å². The molecule has 0 radical (unpaired) electrons. The van der Waals surface area contributed by atoms with Crippen LogP contribution in [0.15, 0.2) is 12.3 Å². The third-order valence-corrected chi connectivity index (χ3v) is 2.93. The minimum absolute atomic E-state index is 0.0169. The van der Waals surface area contributed by atoms with Gasteiger partial charge >= 0.3 is 6.18 Å². The first-order valence-corrected chi connectivity index (χ1v) is 5.73. The van der Waals surface area contributed by atoms with Crippen LogP contribution in [-0.2, 0) is 13.2 Å². The molecule has 2 rings (SSSR count). The Bertz CT molecular complexity index is 722. The van der Waals surface area contributed by atoms with Crippen molar-refractivity contribution in [2.24, 2.45) is 12.8 Å². The average molecular weight is 300 g/mol. The molecule has 1 amide bonds. The van der Waals surface area contributed by atoms with Crippen molar-refractivity contribution in [2.45, 2.75) is 13.1 Å². The van der Waals surface area contributed by atoms with Crippen molar-refractivity contribution in [3.8, 4) is 17.0 Å². The van der Waals surface area contributed by atoms with Gasteiger partial charge in [0.15, 0.2) is 5.69 Å². The Morgan fingerprint density at radius 1 is 1.43 bits per heavy atom. The maximum atomic E-state index is 12.7. The summed E-state index contributed by atoms with van der Waals surface area (Å²) in [5, 5.41) is 13.4. The molecular formula is C12H11F3N4O2. The van der Waals surface area contributed by atoms with E-state index in [1.165, 1.54) is 14.0 Å². The van der Waals surface area contributed by atoms with Gasteiger partial charge in [-0.2, -0.15) is 18.3 Å². The molecule has 9 heteroatoms. The number of hydrogen-bond acceptors (Lipinski definition) is 4. The van der Waals surface area contributed by atoms with Crippen molar-refractivity contribution in [1.82, 2.24) is 14.8 Å². The van der Waals surface area contributed by atoms with E-state index in [4.69, 9.17) is 5.73 Å². The molecule has 2 aromatic rings. The second kappa shape index (κ2) is 4.76. The van der Waals surface area contributed by atoms with Gasteiger partial charge in [0.25, 0.3) is 5.91 Å². The van der Waals surface area contributed by atoms with E-state index < -0.39 is 23.5 Å². The van der Waals surface area contributed by atoms with Gasteiger partial charge in [0, 0.05) is 13.2 Å². The standard InChI is InChI=1S/C12H11F3N4O2/c1-5-9(10(20)6(4-17-5)11(16)21)7-3-8(12(13,14)15)18-19(7)2/h3-4H,1-2H3,(H2,16,21)(H,17,20). The number of pyridine rings is 1. The summed E-state index contributed by atoms with van der Waals surface area (Å²) < 4.78 is 39.0. The van der Waals surface area contributed by atoms with E-state index in [1.54, 1.807) is 0 Å². The van der Waals surface area contributed by atoms with Crippen LogP contribution in [0, 0.1) is 6.92 Å². The Balaban J connectivity index is 2.70. The maximum Gasteiger partial charge on any atom is 0.435 e. The summed E-state index contributed by atoms with van der Waals surface area (Å²) in [7, 11) is 1.29. The maximum absolute atomic E-state index is 12.7. The normalized spacial score (nSPS) is 11.7. The number of alkyl halides is 3. The van der Waals surface area contributed by atoms with Crippen molar-refractivity contribution in [2.75, 3.05) is 0 Å². The number of rotatable bonds is 2. The summed E-state index contributed by atoms with van der Waals surface area (Å²) in [5.74, 6) is -1.45. The lowest BCUT2D eigenvalue weighted by molar-refractivity contribution is -0.141. The molecule has 0 unspecified atom stereocenters. The fourth-order valence-electron chi connectivity index (χ4n) is 1.92. The SMILES string of the molecule is Cc1ncc(C(N)=O)c(O)c1-c1cc(C(F)(F)F)nn1C. The van der Waals surface area contributed by atoms with Crippen molar-refractivity contribution in [3.63, 3.8) is 0 Å². The summed E-state index contributed by atoms with van der Waals surface area (Å²) in [5.41, 5.74) is 3.91. The number of hydrogen-bond donors (Lipinski definition) is 2. The molecular weight excluding hydrogens is 289 g/mol. The molecule has 0 aliphatic rings. The van der Waals surface area contributed by atoms with E-state index in [0.717, 1.165) is 16.9 Å². The van der Waals surface area contributed by atoms with Crippen LogP contribution in [0.4, 0.5) is 13.2 Å². The first-order valence-electron chi connectivity index (χ1n) is 5.73. The van der Waals surface area contributed by atoms with E-state index in [9.17, 15) is 23.1 Å². The third-order valence-electron chi connectivity index (χ3n) is 2.93. The summed E-state index contributed by atoms with van der Waals surface area (Å²) in [6.07, 6.45) is -3.55. The van der Waals surface area contributed by atoms with Crippen molar-refractivity contribution in [3.05, 3.63) is 29.2 Å². The number of aromatic nitrogens is 3. The largest absolute Gasteiger partial charge is 0.506 e. The molecule has 0 bridgehead atoms. The van der Waals surface area contributed by atoms with E-state index >= 15 is 0 Å². The molecule has 21 heavy (non-hydrogen) atoms. The highest BCUT2D eigenvalue weighted by Crippen LogP contribution is 2.37. The smallest absolute Gasteiger partial charge is 0.435 e. The number of nitrogens with zero attached hydrogens (tertiary/aromatic N) is 3. The van der Waals surface area contributed by atoms with Gasteiger partial charge in [0.05, 0.1) is 22.5 Å². The Hall–Kier alpha value is -2.58. The van der Waals surface area contributed by atoms with Crippen LogP contribution < -0.4 is 5.73 Å². The predicted molar refractivity (Wildman–Crippen MR) is 66.4 cm³/mol. The van der Waals surface area contributed by atoms with Crippen LogP contribution in [0.2, 0.25) is 0 Å². The van der Waals surface area contributed by atoms with Gasteiger partial charge in [-0.25, -0.2) is 0 Å². The van der Waals surface area contributed by atoms with E-state index in [-0.39, 0.29) is 22.5 Å². The summed E-state index contributed by atoms with van der Waals surface area (Å²) in [4.78, 5) is 15.1. The zero-order chi connectivity index (χ0) is 15.9. The number of aryl methyl sites for hydroxylation is 2. The second-order valence-electron chi connectivity index (χ2n) is 4.38. The Morgan fingerprint density at radius 3 is 2.52 bits per heavy atom. The number of aromatic hydroxyl groups is 1. The minimum Gasteiger partial charge on any atom is -0.506 e. The molecule has 3 N–H and O–H groups in total. The molecule has 112 valence electrons. The van der Waals surface area contributed by atoms with Gasteiger partial charge in [0.1, 0.15) is 5.75 Å². The summed E-state index contributed by atoms with van der Waals surface area (Å²) in [6.45, 7) is 1.49. The zero-order valence-electron chi connectivity index (χ0n) is 11.1. The number of carbonyl (C=O) groups excluding carboxylic acids is 1. The lowest BCUT2D eigenvalue weighted by Crippen LogP contribution is -2.12. The number of amides is 1. The van der Waals surface area contributed by atoms with Gasteiger partial charge < -0.3 is 10.8 Å². The lowest BCUT2D eigenvalue weighted by atomic mass is 10.1. The summed E-state index contributed by atoms with van der Waals surface area (Å²) in [6, 6.07) is 0.772. The fraction of sp³-hybridized carbons (Fsp3) is 0.250. The van der Waals surface area contributed by atoms with E-state index in [1.807, 2.05) is 0 Å². The van der Waals surface area contributed by atoms with E-state index in [0.29, 0.717) is 0 Å². The van der Waals surface area contributed by atoms with Crippen LogP contribution in [0.1, 0.15) is 21.7 Å². The number of halogens is 3. The minimum atomic E-state index is -4.62. The average Bonchev–Trinajstić information content (AvgIpc) is 2.71. The first-order chi connectivity index (χ1) is 9.62. The summed E-state index contributed by atoms with van der Waals surface area (Å²) >= 11 is 0.